The molecule has 1 atom stereocenters. The van der Waals surface area contributed by atoms with Crippen LogP contribution in [-0.2, 0) is 4.74 Å². The summed E-state index contributed by atoms with van der Waals surface area (Å²) in [5.41, 5.74) is 0. The first-order chi connectivity index (χ1) is 12.0. The lowest BCUT2D eigenvalue weighted by atomic mass is 10.2. The van der Waals surface area contributed by atoms with Crippen LogP contribution < -0.4 is 4.74 Å². The molecule has 0 aliphatic rings. The molecule has 26 heavy (non-hydrogen) atoms. The van der Waals surface area contributed by atoms with E-state index in [2.05, 4.69) is 0 Å². The molecular weight excluding hydrogens is 443 g/mol. The van der Waals surface area contributed by atoms with E-state index in [-0.39, 0.29) is 47.8 Å². The van der Waals surface area contributed by atoms with Gasteiger partial charge >= 0.3 is 6.18 Å². The third kappa shape index (κ3) is 7.02. The number of hydrogen-bond donors (Lipinski definition) is 2. The van der Waals surface area contributed by atoms with Crippen molar-refractivity contribution in [2.45, 2.75) is 35.9 Å². The zero-order valence-corrected chi connectivity index (χ0v) is 16.4. The predicted molar refractivity (Wildman–Crippen MR) is 94.8 cm³/mol. The molecule has 0 radical (unpaired) electrons. The normalized spacial score (nSPS) is 13.7. The van der Waals surface area contributed by atoms with Crippen LogP contribution in [0.2, 0.25) is 10.0 Å². The van der Waals surface area contributed by atoms with Crippen molar-refractivity contribution in [3.63, 3.8) is 0 Å². The summed E-state index contributed by atoms with van der Waals surface area (Å²) in [6.07, 6.45) is -6.18. The Balaban J connectivity index is 2.19. The molecule has 0 aliphatic heterocycles. The Bertz CT molecular complexity index is 561. The van der Waals surface area contributed by atoms with Crippen LogP contribution in [0, 0.1) is 0 Å². The Morgan fingerprint density at radius 1 is 1.00 bits per heavy atom. The Morgan fingerprint density at radius 3 is 2.08 bits per heavy atom. The van der Waals surface area contributed by atoms with Gasteiger partial charge in [0.2, 0.25) is 4.33 Å². The molecule has 0 aliphatic carbocycles. The van der Waals surface area contributed by atoms with E-state index in [4.69, 9.17) is 55.9 Å². The van der Waals surface area contributed by atoms with Gasteiger partial charge in [-0.15, -0.1) is 0 Å². The van der Waals surface area contributed by atoms with Gasteiger partial charge in [0.15, 0.2) is 5.75 Å². The molecule has 150 valence electrons. The molecule has 1 aromatic carbocycles. The van der Waals surface area contributed by atoms with Gasteiger partial charge in [0.25, 0.3) is 0 Å². The summed E-state index contributed by atoms with van der Waals surface area (Å²) in [6, 6.07) is 2.60. The number of ether oxygens (including phenoxy) is 2. The highest BCUT2D eigenvalue weighted by Gasteiger charge is 2.57. The van der Waals surface area contributed by atoms with Crippen molar-refractivity contribution in [3.8, 4) is 11.5 Å². The Hall–Kier alpha value is -0.310. The maximum Gasteiger partial charge on any atom is 0.424 e. The molecule has 0 amide bonds. The molecule has 0 saturated heterocycles. The van der Waals surface area contributed by atoms with Gasteiger partial charge in [0.1, 0.15) is 5.75 Å². The summed E-state index contributed by atoms with van der Waals surface area (Å²) in [7, 11) is 0. The summed E-state index contributed by atoms with van der Waals surface area (Å²) in [4.78, 5) is 0. The van der Waals surface area contributed by atoms with Gasteiger partial charge < -0.3 is 19.7 Å². The van der Waals surface area contributed by atoms with Crippen molar-refractivity contribution in [1.29, 1.82) is 0 Å². The van der Waals surface area contributed by atoms with Crippen molar-refractivity contribution in [2.75, 3.05) is 19.8 Å². The van der Waals surface area contributed by atoms with E-state index in [0.29, 0.717) is 12.8 Å². The fraction of sp³-hybridized carbons (Fsp3) is 0.600. The third-order valence-corrected chi connectivity index (χ3v) is 4.74. The fourth-order valence-electron chi connectivity index (χ4n) is 1.83. The number of aliphatic hydroxyl groups is 1. The van der Waals surface area contributed by atoms with Gasteiger partial charge in [-0.25, -0.2) is 0 Å². The Kier molecular flexibility index (Phi) is 9.39. The molecule has 11 heteroatoms. The molecule has 0 saturated carbocycles. The molecule has 4 nitrogen and oxygen atoms in total. The second-order valence-corrected chi connectivity index (χ2v) is 7.53. The molecule has 0 fully saturated rings. The average Bonchev–Trinajstić information content (AvgIpc) is 2.50. The largest absolute Gasteiger partial charge is 0.508 e. The van der Waals surface area contributed by atoms with E-state index in [1.54, 1.807) is 0 Å². The molecule has 1 rings (SSSR count). The molecular formula is C15H17Cl4F3O4. The van der Waals surface area contributed by atoms with Crippen molar-refractivity contribution in [1.82, 2.24) is 0 Å². The van der Waals surface area contributed by atoms with E-state index in [9.17, 15) is 23.4 Å². The molecule has 1 unspecified atom stereocenters. The number of phenols is 1. The van der Waals surface area contributed by atoms with Crippen LogP contribution in [0.5, 0.6) is 11.5 Å². The van der Waals surface area contributed by atoms with E-state index in [1.807, 2.05) is 0 Å². The minimum Gasteiger partial charge on any atom is -0.508 e. The number of alkyl halides is 5. The minimum absolute atomic E-state index is 0.0774. The standard InChI is InChI=1S/C15H17Cl4F3O4/c16-10-7-9(23)8-11(17)13(10)26-5-2-1-4-25-6-3-12(24)14(18,19)15(20,21)22/h7-8,12,23-24H,1-6H2. The minimum atomic E-state index is -4.94. The van der Waals surface area contributed by atoms with Crippen LogP contribution in [0.1, 0.15) is 19.3 Å². The number of unbranched alkanes of at least 4 members (excludes halogenated alkanes) is 1. The number of aliphatic hydroxyl groups excluding tert-OH is 1. The topological polar surface area (TPSA) is 58.9 Å². The average molecular weight is 460 g/mol. The van der Waals surface area contributed by atoms with E-state index in [1.165, 1.54) is 12.1 Å². The lowest BCUT2D eigenvalue weighted by Gasteiger charge is -2.27. The quantitative estimate of drug-likeness (QED) is 0.365. The van der Waals surface area contributed by atoms with Crippen LogP contribution in [0.25, 0.3) is 0 Å². The first-order valence-corrected chi connectivity index (χ1v) is 8.99. The maximum atomic E-state index is 12.5. The second kappa shape index (κ2) is 10.3. The summed E-state index contributed by atoms with van der Waals surface area (Å²) in [5.74, 6) is 0.175. The summed E-state index contributed by atoms with van der Waals surface area (Å²) >= 11 is 22.0. The van der Waals surface area contributed by atoms with E-state index in [0.717, 1.165) is 0 Å². The molecule has 0 heterocycles. The lowest BCUT2D eigenvalue weighted by molar-refractivity contribution is -0.163. The number of hydrogen-bond acceptors (Lipinski definition) is 4. The van der Waals surface area contributed by atoms with Crippen molar-refractivity contribution in [2.24, 2.45) is 0 Å². The Labute approximate surface area is 168 Å². The van der Waals surface area contributed by atoms with Crippen LogP contribution in [0.15, 0.2) is 12.1 Å². The summed E-state index contributed by atoms with van der Waals surface area (Å²) < 4.78 is 44.9. The monoisotopic (exact) mass is 458 g/mol. The van der Waals surface area contributed by atoms with Crippen molar-refractivity contribution < 1.29 is 32.9 Å². The number of rotatable bonds is 10. The highest BCUT2D eigenvalue weighted by atomic mass is 35.5. The summed E-state index contributed by atoms with van der Waals surface area (Å²) in [6.45, 7) is 0.391. The Morgan fingerprint density at radius 2 is 1.54 bits per heavy atom. The molecule has 1 aromatic rings. The first-order valence-electron chi connectivity index (χ1n) is 7.48. The highest BCUT2D eigenvalue weighted by Crippen LogP contribution is 2.43. The molecule has 0 bridgehead atoms. The first kappa shape index (κ1) is 23.7. The van der Waals surface area contributed by atoms with E-state index >= 15 is 0 Å². The van der Waals surface area contributed by atoms with Crippen molar-refractivity contribution >= 4 is 46.4 Å². The smallest absolute Gasteiger partial charge is 0.424 e. The second-order valence-electron chi connectivity index (χ2n) is 5.33. The highest BCUT2D eigenvalue weighted by molar-refractivity contribution is 6.49. The number of benzene rings is 1. The third-order valence-electron chi connectivity index (χ3n) is 3.24. The van der Waals surface area contributed by atoms with Gasteiger partial charge in [0.05, 0.1) is 22.8 Å². The van der Waals surface area contributed by atoms with Gasteiger partial charge in [-0.2, -0.15) is 13.2 Å². The zero-order valence-electron chi connectivity index (χ0n) is 13.3. The zero-order chi connectivity index (χ0) is 20.0. The van der Waals surface area contributed by atoms with Crippen LogP contribution in [0.3, 0.4) is 0 Å². The molecule has 0 aromatic heterocycles. The van der Waals surface area contributed by atoms with Gasteiger partial charge in [-0.3, -0.25) is 0 Å². The van der Waals surface area contributed by atoms with Crippen LogP contribution in [0.4, 0.5) is 13.2 Å². The van der Waals surface area contributed by atoms with Gasteiger partial charge in [-0.1, -0.05) is 46.4 Å². The number of aromatic hydroxyl groups is 1. The fourth-order valence-corrected chi connectivity index (χ4v) is 2.63. The molecule has 0 spiro atoms. The van der Waals surface area contributed by atoms with Crippen LogP contribution >= 0.6 is 46.4 Å². The predicted octanol–water partition coefficient (Wildman–Crippen LogP) is 5.36. The van der Waals surface area contributed by atoms with Gasteiger partial charge in [-0.05, 0) is 19.3 Å². The molecule has 2 N–H and O–H groups in total. The van der Waals surface area contributed by atoms with E-state index < -0.39 is 16.6 Å². The SMILES string of the molecule is Oc1cc(Cl)c(OCCCCOCCC(O)C(Cl)(Cl)C(F)(F)F)c(Cl)c1. The van der Waals surface area contributed by atoms with Gasteiger partial charge in [0, 0.05) is 25.3 Å². The number of halogens is 7. The lowest BCUT2D eigenvalue weighted by Crippen LogP contribution is -2.45. The number of phenolic OH excluding ortho intramolecular Hbond substituents is 1. The van der Waals surface area contributed by atoms with Crippen molar-refractivity contribution in [3.05, 3.63) is 22.2 Å². The van der Waals surface area contributed by atoms with Crippen LogP contribution in [-0.4, -0.2) is 46.6 Å². The maximum absolute atomic E-state index is 12.5. The summed E-state index contributed by atoms with van der Waals surface area (Å²) in [5, 5.41) is 19.1.